The highest BCUT2D eigenvalue weighted by Gasteiger charge is 2.22. The van der Waals surface area contributed by atoms with Gasteiger partial charge in [0, 0.05) is 39.5 Å². The molecule has 2 aromatic rings. The Bertz CT molecular complexity index is 884. The molecular weight excluding hydrogens is 513 g/mol. The van der Waals surface area contributed by atoms with Crippen LogP contribution in [0.15, 0.2) is 70.6 Å². The normalized spacial score (nSPS) is 15.4. The summed E-state index contributed by atoms with van der Waals surface area (Å²) in [6, 6.07) is 18.5. The molecule has 0 aromatic heterocycles. The molecule has 0 spiro atoms. The highest BCUT2D eigenvalue weighted by atomic mass is 127. The van der Waals surface area contributed by atoms with E-state index in [1.165, 1.54) is 0 Å². The van der Waals surface area contributed by atoms with E-state index in [2.05, 4.69) is 15.2 Å². The maximum absolute atomic E-state index is 12.4. The number of rotatable bonds is 7. The summed E-state index contributed by atoms with van der Waals surface area (Å²) < 4.78 is 30.7. The Morgan fingerprint density at radius 3 is 2.27 bits per heavy atom. The van der Waals surface area contributed by atoms with E-state index in [-0.39, 0.29) is 35.8 Å². The molecule has 1 aliphatic rings. The molecule has 8 heteroatoms. The fourth-order valence-electron chi connectivity index (χ4n) is 3.42. The number of ether oxygens (including phenoxy) is 1. The standard InChI is InChI=1S/C22H29N3O3S.HI/c1-23-22(24-15-8-18-29(26,27)21-11-6-3-7-12-21)25-16-13-20(14-17-25)28-19-9-4-2-5-10-19;/h2-7,9-12,20H,8,13-18H2,1H3,(H,23,24);1H. The van der Waals surface area contributed by atoms with Gasteiger partial charge in [-0.3, -0.25) is 4.99 Å². The molecule has 3 rings (SSSR count). The molecule has 0 radical (unpaired) electrons. The topological polar surface area (TPSA) is 71.0 Å². The zero-order chi connectivity index (χ0) is 20.5. The van der Waals surface area contributed by atoms with Gasteiger partial charge < -0.3 is 15.0 Å². The first-order chi connectivity index (χ1) is 14.1. The lowest BCUT2D eigenvalue weighted by atomic mass is 10.1. The van der Waals surface area contributed by atoms with Gasteiger partial charge in [-0.25, -0.2) is 8.42 Å². The summed E-state index contributed by atoms with van der Waals surface area (Å²) >= 11 is 0. The number of hydrogen-bond donors (Lipinski definition) is 1. The van der Waals surface area contributed by atoms with E-state index in [4.69, 9.17) is 4.74 Å². The van der Waals surface area contributed by atoms with Crippen LogP contribution in [0, 0.1) is 0 Å². The van der Waals surface area contributed by atoms with Crippen LogP contribution in [0.3, 0.4) is 0 Å². The quantitative estimate of drug-likeness (QED) is 0.250. The number of piperidine rings is 1. The number of benzene rings is 2. The van der Waals surface area contributed by atoms with Crippen molar-refractivity contribution in [1.29, 1.82) is 0 Å². The Balaban J connectivity index is 0.00000320. The second-order valence-electron chi connectivity index (χ2n) is 7.08. The molecule has 0 unspecified atom stereocenters. The zero-order valence-corrected chi connectivity index (χ0v) is 20.4. The summed E-state index contributed by atoms with van der Waals surface area (Å²) in [6.45, 7) is 2.29. The largest absolute Gasteiger partial charge is 0.490 e. The summed E-state index contributed by atoms with van der Waals surface area (Å²) in [4.78, 5) is 6.94. The fraction of sp³-hybridized carbons (Fsp3) is 0.409. The third-order valence-corrected chi connectivity index (χ3v) is 6.79. The maximum Gasteiger partial charge on any atom is 0.193 e. The molecule has 0 saturated carbocycles. The molecule has 6 nitrogen and oxygen atoms in total. The van der Waals surface area contributed by atoms with Crippen molar-refractivity contribution in [2.75, 3.05) is 32.4 Å². The highest BCUT2D eigenvalue weighted by molar-refractivity contribution is 14.0. The molecule has 0 aliphatic carbocycles. The molecule has 164 valence electrons. The number of halogens is 1. The molecule has 2 aromatic carbocycles. The lowest BCUT2D eigenvalue weighted by Crippen LogP contribution is -2.47. The van der Waals surface area contributed by atoms with Crippen LogP contribution in [0.5, 0.6) is 5.75 Å². The Morgan fingerprint density at radius 1 is 1.07 bits per heavy atom. The number of aliphatic imine (C=N–C) groups is 1. The van der Waals surface area contributed by atoms with Crippen molar-refractivity contribution >= 4 is 39.8 Å². The first kappa shape index (κ1) is 24.5. The molecule has 30 heavy (non-hydrogen) atoms. The van der Waals surface area contributed by atoms with Gasteiger partial charge in [-0.2, -0.15) is 0 Å². The number of guanidine groups is 1. The van der Waals surface area contributed by atoms with Crippen LogP contribution in [-0.4, -0.2) is 57.8 Å². The Labute approximate surface area is 196 Å². The Kier molecular flexibility index (Phi) is 9.90. The van der Waals surface area contributed by atoms with E-state index in [0.717, 1.165) is 37.6 Å². The smallest absolute Gasteiger partial charge is 0.193 e. The maximum atomic E-state index is 12.4. The molecule has 0 amide bonds. The molecule has 1 aliphatic heterocycles. The second kappa shape index (κ2) is 12.1. The van der Waals surface area contributed by atoms with Crippen LogP contribution in [0.25, 0.3) is 0 Å². The third-order valence-electron chi connectivity index (χ3n) is 4.97. The lowest BCUT2D eigenvalue weighted by Gasteiger charge is -2.34. The van der Waals surface area contributed by atoms with E-state index in [1.807, 2.05) is 36.4 Å². The molecule has 1 heterocycles. The molecule has 0 atom stereocenters. The highest BCUT2D eigenvalue weighted by Crippen LogP contribution is 2.18. The predicted octanol–water partition coefficient (Wildman–Crippen LogP) is 3.59. The monoisotopic (exact) mass is 543 g/mol. The van der Waals surface area contributed by atoms with Crippen LogP contribution in [-0.2, 0) is 9.84 Å². The molecule has 1 saturated heterocycles. The number of hydrogen-bond acceptors (Lipinski definition) is 4. The van der Waals surface area contributed by atoms with Gasteiger partial charge in [-0.15, -0.1) is 24.0 Å². The first-order valence-corrected chi connectivity index (χ1v) is 11.7. The SMILES string of the molecule is CN=C(NCCCS(=O)(=O)c1ccccc1)N1CCC(Oc2ccccc2)CC1.I. The van der Waals surface area contributed by atoms with Gasteiger partial charge in [-0.05, 0) is 30.7 Å². The summed E-state index contributed by atoms with van der Waals surface area (Å²) in [6.07, 6.45) is 2.60. The van der Waals surface area contributed by atoms with Crippen molar-refractivity contribution in [3.63, 3.8) is 0 Å². The minimum absolute atomic E-state index is 0. The van der Waals surface area contributed by atoms with Gasteiger partial charge in [0.2, 0.25) is 0 Å². The van der Waals surface area contributed by atoms with Gasteiger partial charge in [0.1, 0.15) is 11.9 Å². The van der Waals surface area contributed by atoms with E-state index < -0.39 is 9.84 Å². The van der Waals surface area contributed by atoms with Crippen molar-refractivity contribution < 1.29 is 13.2 Å². The van der Waals surface area contributed by atoms with E-state index >= 15 is 0 Å². The number of sulfone groups is 1. The zero-order valence-electron chi connectivity index (χ0n) is 17.2. The van der Waals surface area contributed by atoms with Crippen molar-refractivity contribution in [3.05, 3.63) is 60.7 Å². The van der Waals surface area contributed by atoms with Crippen LogP contribution in [0.1, 0.15) is 19.3 Å². The van der Waals surface area contributed by atoms with E-state index in [1.54, 1.807) is 31.3 Å². The van der Waals surface area contributed by atoms with Crippen LogP contribution in [0.4, 0.5) is 0 Å². The second-order valence-corrected chi connectivity index (χ2v) is 9.19. The number of nitrogens with zero attached hydrogens (tertiary/aromatic N) is 2. The fourth-order valence-corrected chi connectivity index (χ4v) is 4.75. The summed E-state index contributed by atoms with van der Waals surface area (Å²) in [5, 5.41) is 3.30. The number of para-hydroxylation sites is 1. The minimum atomic E-state index is -3.24. The van der Waals surface area contributed by atoms with Crippen molar-refractivity contribution in [1.82, 2.24) is 10.2 Å². The molecule has 1 fully saturated rings. The van der Waals surface area contributed by atoms with E-state index in [0.29, 0.717) is 17.9 Å². The number of likely N-dealkylation sites (tertiary alicyclic amines) is 1. The average molecular weight is 543 g/mol. The lowest BCUT2D eigenvalue weighted by molar-refractivity contribution is 0.129. The average Bonchev–Trinajstić information content (AvgIpc) is 2.76. The van der Waals surface area contributed by atoms with Crippen molar-refractivity contribution in [2.24, 2.45) is 4.99 Å². The number of nitrogens with one attached hydrogen (secondary N) is 1. The molecular formula is C22H30IN3O3S. The molecule has 1 N–H and O–H groups in total. The Hall–Kier alpha value is -1.81. The van der Waals surface area contributed by atoms with Crippen molar-refractivity contribution in [2.45, 2.75) is 30.3 Å². The van der Waals surface area contributed by atoms with Crippen LogP contribution >= 0.6 is 24.0 Å². The van der Waals surface area contributed by atoms with Gasteiger partial charge in [0.05, 0.1) is 10.6 Å². The summed E-state index contributed by atoms with van der Waals surface area (Å²) in [7, 11) is -1.48. The van der Waals surface area contributed by atoms with Gasteiger partial charge in [0.15, 0.2) is 15.8 Å². The van der Waals surface area contributed by atoms with E-state index in [9.17, 15) is 8.42 Å². The van der Waals surface area contributed by atoms with Crippen LogP contribution < -0.4 is 10.1 Å². The van der Waals surface area contributed by atoms with Gasteiger partial charge in [-0.1, -0.05) is 36.4 Å². The molecule has 0 bridgehead atoms. The van der Waals surface area contributed by atoms with Gasteiger partial charge in [0.25, 0.3) is 0 Å². The summed E-state index contributed by atoms with van der Waals surface area (Å²) in [5.74, 6) is 1.85. The van der Waals surface area contributed by atoms with Crippen molar-refractivity contribution in [3.8, 4) is 5.75 Å². The third kappa shape index (κ3) is 7.16. The predicted molar refractivity (Wildman–Crippen MR) is 132 cm³/mol. The first-order valence-electron chi connectivity index (χ1n) is 10.0. The minimum Gasteiger partial charge on any atom is -0.490 e. The summed E-state index contributed by atoms with van der Waals surface area (Å²) in [5.41, 5.74) is 0. The Morgan fingerprint density at radius 2 is 1.67 bits per heavy atom. The van der Waals surface area contributed by atoms with Gasteiger partial charge >= 0.3 is 0 Å². The van der Waals surface area contributed by atoms with Crippen LogP contribution in [0.2, 0.25) is 0 Å².